The van der Waals surface area contributed by atoms with E-state index >= 15 is 4.39 Å². The summed E-state index contributed by atoms with van der Waals surface area (Å²) in [6, 6.07) is 0.742. The van der Waals surface area contributed by atoms with E-state index in [9.17, 15) is 22.0 Å². The second kappa shape index (κ2) is 13.8. The van der Waals surface area contributed by atoms with E-state index in [2.05, 4.69) is 30.6 Å². The smallest absolute Gasteiger partial charge is 0.418 e. The quantitative estimate of drug-likeness (QED) is 0.270. The number of rotatable bonds is 7. The van der Waals surface area contributed by atoms with Crippen LogP contribution in [0, 0.1) is 24.1 Å². The van der Waals surface area contributed by atoms with E-state index in [4.69, 9.17) is 15.2 Å². The number of aromatic nitrogens is 4. The fourth-order valence-electron chi connectivity index (χ4n) is 5.88. The molecule has 3 aromatic heterocycles. The van der Waals surface area contributed by atoms with Crippen molar-refractivity contribution in [1.29, 1.82) is 0 Å². The summed E-state index contributed by atoms with van der Waals surface area (Å²) in [6.45, 7) is 9.78. The minimum atomic E-state index is -4.89. The van der Waals surface area contributed by atoms with Crippen LogP contribution in [0.5, 0.6) is 11.9 Å². The van der Waals surface area contributed by atoms with Crippen LogP contribution in [0.1, 0.15) is 51.3 Å². The zero-order valence-electron chi connectivity index (χ0n) is 26.8. The van der Waals surface area contributed by atoms with Gasteiger partial charge in [0.15, 0.2) is 5.82 Å². The molecule has 0 amide bonds. The standard InChI is InChI=1S/C29H34F6N8O2.C2H6/c1-14-3-6-37-7-8-38-25-19-23(41-27(42-25)44-13-28(4-5-28)12-43-10-16(11-43)24(31)32)21(30)22(40-26(19)45-14)17-9-18(36)39-15(2)20(17)29(33,34)35;1-2/h9,14,16,24,37H,3-8,10-13H2,1-2H3,(H2,36,39)(H,38,41,42);1-2H3. The number of halogens is 6. The van der Waals surface area contributed by atoms with Gasteiger partial charge in [-0.25, -0.2) is 23.1 Å². The molecule has 258 valence electrons. The maximum Gasteiger partial charge on any atom is 0.418 e. The number of ether oxygens (including phenoxy) is 2. The molecule has 0 aromatic carbocycles. The van der Waals surface area contributed by atoms with Crippen molar-refractivity contribution in [3.8, 4) is 23.1 Å². The first-order valence-corrected chi connectivity index (χ1v) is 15.8. The molecule has 0 radical (unpaired) electrons. The Balaban J connectivity index is 0.00000213. The van der Waals surface area contributed by atoms with Crippen LogP contribution in [-0.4, -0.2) is 83.2 Å². The number of hydrogen-bond donors (Lipinski definition) is 3. The number of alkyl halides is 5. The number of hydrogen-bond acceptors (Lipinski definition) is 10. The van der Waals surface area contributed by atoms with Gasteiger partial charge in [-0.2, -0.15) is 23.1 Å². The van der Waals surface area contributed by atoms with Crippen LogP contribution < -0.4 is 25.8 Å². The van der Waals surface area contributed by atoms with Gasteiger partial charge in [0.05, 0.1) is 24.0 Å². The zero-order chi connectivity index (χ0) is 34.1. The lowest BCUT2D eigenvalue weighted by atomic mass is 9.97. The predicted octanol–water partition coefficient (Wildman–Crippen LogP) is 5.69. The third-order valence-corrected chi connectivity index (χ3v) is 8.49. The third-order valence-electron chi connectivity index (χ3n) is 8.49. The Labute approximate surface area is 268 Å². The highest BCUT2D eigenvalue weighted by Crippen LogP contribution is 2.48. The lowest BCUT2D eigenvalue weighted by Gasteiger charge is -2.40. The monoisotopic (exact) mass is 670 g/mol. The topological polar surface area (TPSA) is 123 Å². The van der Waals surface area contributed by atoms with Gasteiger partial charge in [-0.15, -0.1) is 0 Å². The number of nitrogens with one attached hydrogen (secondary N) is 2. The van der Waals surface area contributed by atoms with Crippen LogP contribution in [0.25, 0.3) is 22.2 Å². The van der Waals surface area contributed by atoms with Crippen molar-refractivity contribution in [1.82, 2.24) is 30.2 Å². The maximum absolute atomic E-state index is 16.5. The first kappa shape index (κ1) is 34.7. The van der Waals surface area contributed by atoms with Gasteiger partial charge in [-0.1, -0.05) is 13.8 Å². The first-order valence-electron chi connectivity index (χ1n) is 15.8. The van der Waals surface area contributed by atoms with E-state index in [-0.39, 0.29) is 46.5 Å². The van der Waals surface area contributed by atoms with E-state index < -0.39 is 53.0 Å². The van der Waals surface area contributed by atoms with Crippen LogP contribution in [0.15, 0.2) is 6.07 Å². The number of nitrogens with zero attached hydrogens (tertiary/aromatic N) is 5. The van der Waals surface area contributed by atoms with Crippen molar-refractivity contribution in [2.45, 2.75) is 65.7 Å². The van der Waals surface area contributed by atoms with Crippen molar-refractivity contribution in [3.05, 3.63) is 23.1 Å². The van der Waals surface area contributed by atoms with Gasteiger partial charge >= 0.3 is 12.2 Å². The molecular formula is C31H40F6N8O2. The average Bonchev–Trinajstić information content (AvgIpc) is 3.76. The number of anilines is 2. The van der Waals surface area contributed by atoms with Crippen molar-refractivity contribution in [3.63, 3.8) is 0 Å². The van der Waals surface area contributed by atoms with Gasteiger partial charge in [0.2, 0.25) is 12.3 Å². The second-order valence-corrected chi connectivity index (χ2v) is 12.2. The summed E-state index contributed by atoms with van der Waals surface area (Å²) >= 11 is 0. The van der Waals surface area contributed by atoms with Crippen LogP contribution in [0.3, 0.4) is 0 Å². The minimum Gasteiger partial charge on any atom is -0.474 e. The fraction of sp³-hybridized carbons (Fsp3) is 0.613. The van der Waals surface area contributed by atoms with Crippen LogP contribution in [0.2, 0.25) is 0 Å². The van der Waals surface area contributed by atoms with E-state index in [1.165, 1.54) is 0 Å². The maximum atomic E-state index is 16.5. The van der Waals surface area contributed by atoms with Gasteiger partial charge in [-0.3, -0.25) is 0 Å². The van der Waals surface area contributed by atoms with Crippen molar-refractivity contribution in [2.24, 2.45) is 11.3 Å². The van der Waals surface area contributed by atoms with E-state index in [1.807, 2.05) is 18.7 Å². The molecule has 2 aliphatic heterocycles. The summed E-state index contributed by atoms with van der Waals surface area (Å²) in [6.07, 6.45) is -5.52. The molecular weight excluding hydrogens is 630 g/mol. The molecule has 3 aliphatic rings. The molecule has 5 heterocycles. The molecule has 6 rings (SSSR count). The summed E-state index contributed by atoms with van der Waals surface area (Å²) < 4.78 is 97.2. The van der Waals surface area contributed by atoms with Gasteiger partial charge in [0, 0.05) is 49.6 Å². The Morgan fingerprint density at radius 3 is 2.49 bits per heavy atom. The number of nitrogen functional groups attached to an aromatic ring is 1. The molecule has 4 N–H and O–H groups in total. The molecule has 16 heteroatoms. The highest BCUT2D eigenvalue weighted by Gasteiger charge is 2.48. The summed E-state index contributed by atoms with van der Waals surface area (Å²) in [7, 11) is 0. The second-order valence-electron chi connectivity index (χ2n) is 12.2. The fourth-order valence-corrected chi connectivity index (χ4v) is 5.88. The van der Waals surface area contributed by atoms with E-state index in [0.29, 0.717) is 45.7 Å². The number of pyridine rings is 2. The highest BCUT2D eigenvalue weighted by molar-refractivity contribution is 5.96. The molecule has 10 nitrogen and oxygen atoms in total. The molecule has 1 saturated carbocycles. The largest absolute Gasteiger partial charge is 0.474 e. The number of nitrogens with two attached hydrogens (primary N) is 1. The van der Waals surface area contributed by atoms with E-state index in [1.54, 1.807) is 6.92 Å². The Bertz CT molecular complexity index is 1580. The van der Waals surface area contributed by atoms with Gasteiger partial charge < -0.3 is 30.7 Å². The SMILES string of the molecule is CC.Cc1nc(N)cc(-c2nc3c4c(nc(OCC5(CN6CC(C(F)F)C6)CC5)nc4c2F)NCCNCCC(C)O3)c1C(F)(F)F. The molecule has 47 heavy (non-hydrogen) atoms. The Hall–Kier alpha value is -3.66. The summed E-state index contributed by atoms with van der Waals surface area (Å²) in [5, 5.41) is 6.44. The zero-order valence-corrected chi connectivity index (χ0v) is 26.8. The van der Waals surface area contributed by atoms with Gasteiger partial charge in [-0.05, 0) is 45.7 Å². The molecule has 1 saturated heterocycles. The number of aryl methyl sites for hydroxylation is 1. The van der Waals surface area contributed by atoms with Gasteiger partial charge in [0.1, 0.15) is 28.2 Å². The van der Waals surface area contributed by atoms with Crippen LogP contribution in [-0.2, 0) is 6.18 Å². The highest BCUT2D eigenvalue weighted by atomic mass is 19.4. The molecule has 0 bridgehead atoms. The molecule has 2 fully saturated rings. The Morgan fingerprint density at radius 1 is 1.11 bits per heavy atom. The van der Waals surface area contributed by atoms with Crippen molar-refractivity contribution >= 4 is 22.5 Å². The minimum absolute atomic E-state index is 0.0596. The average molecular weight is 671 g/mol. The molecule has 1 unspecified atom stereocenters. The molecule has 1 atom stereocenters. The summed E-state index contributed by atoms with van der Waals surface area (Å²) in [4.78, 5) is 18.8. The molecule has 0 spiro atoms. The summed E-state index contributed by atoms with van der Waals surface area (Å²) in [5.74, 6) is -2.00. The van der Waals surface area contributed by atoms with E-state index in [0.717, 1.165) is 25.8 Å². The molecule has 3 aromatic rings. The van der Waals surface area contributed by atoms with Crippen LogP contribution >= 0.6 is 0 Å². The van der Waals surface area contributed by atoms with Gasteiger partial charge in [0.25, 0.3) is 0 Å². The third kappa shape index (κ3) is 7.58. The lowest BCUT2D eigenvalue weighted by molar-refractivity contribution is -0.137. The Kier molecular flexibility index (Phi) is 10.2. The molecule has 1 aliphatic carbocycles. The Morgan fingerprint density at radius 2 is 1.83 bits per heavy atom. The summed E-state index contributed by atoms with van der Waals surface area (Å²) in [5.41, 5.74) is 2.35. The lowest BCUT2D eigenvalue weighted by Crippen LogP contribution is -2.52. The number of likely N-dealkylation sites (tertiary alicyclic amines) is 1. The first-order chi connectivity index (χ1) is 22.3. The normalized spacial score (nSPS) is 19.9. The van der Waals surface area contributed by atoms with Crippen molar-refractivity contribution < 1.29 is 35.8 Å². The van der Waals surface area contributed by atoms with Crippen molar-refractivity contribution in [2.75, 3.05) is 56.9 Å². The van der Waals surface area contributed by atoms with Crippen LogP contribution in [0.4, 0.5) is 38.0 Å². The predicted molar refractivity (Wildman–Crippen MR) is 165 cm³/mol.